The molecule has 17 heavy (non-hydrogen) atoms. The number of halogens is 2. The summed E-state index contributed by atoms with van der Waals surface area (Å²) < 4.78 is 14.2. The van der Waals surface area contributed by atoms with Crippen molar-refractivity contribution in [1.82, 2.24) is 10.2 Å². The summed E-state index contributed by atoms with van der Waals surface area (Å²) in [6.07, 6.45) is 0. The fourth-order valence-electron chi connectivity index (χ4n) is 1.71. The Morgan fingerprint density at radius 1 is 1.35 bits per heavy atom. The van der Waals surface area contributed by atoms with Crippen molar-refractivity contribution in [2.45, 2.75) is 0 Å². The number of nitrogens with zero attached hydrogens (tertiary/aromatic N) is 1. The summed E-state index contributed by atoms with van der Waals surface area (Å²) in [6, 6.07) is 4.82. The lowest BCUT2D eigenvalue weighted by Gasteiger charge is -2.24. The summed E-state index contributed by atoms with van der Waals surface area (Å²) in [6.45, 7) is 4.73. The van der Waals surface area contributed by atoms with Crippen LogP contribution in [0.1, 0.15) is 5.56 Å². The van der Waals surface area contributed by atoms with Gasteiger partial charge in [-0.1, -0.05) is 27.8 Å². The molecule has 0 aromatic heterocycles. The van der Waals surface area contributed by atoms with Crippen molar-refractivity contribution in [3.63, 3.8) is 0 Å². The van der Waals surface area contributed by atoms with Crippen LogP contribution in [0.25, 0.3) is 0 Å². The van der Waals surface area contributed by atoms with E-state index in [1.54, 1.807) is 12.1 Å². The van der Waals surface area contributed by atoms with Gasteiger partial charge in [0.25, 0.3) is 0 Å². The summed E-state index contributed by atoms with van der Waals surface area (Å²) >= 11 is 3.31. The average molecular weight is 297 g/mol. The fourth-order valence-corrected chi connectivity index (χ4v) is 2.07. The summed E-state index contributed by atoms with van der Waals surface area (Å²) in [7, 11) is 0. The molecule has 4 heteroatoms. The molecular weight excluding hydrogens is 283 g/mol. The number of benzene rings is 1. The van der Waals surface area contributed by atoms with Crippen molar-refractivity contribution in [1.29, 1.82) is 0 Å². The van der Waals surface area contributed by atoms with Gasteiger partial charge in [0.05, 0.1) is 12.1 Å². The molecule has 1 N–H and O–H groups in total. The molecular formula is C13H14BrFN2. The Morgan fingerprint density at radius 3 is 2.88 bits per heavy atom. The van der Waals surface area contributed by atoms with Gasteiger partial charge in [-0.05, 0) is 18.2 Å². The molecule has 1 fully saturated rings. The van der Waals surface area contributed by atoms with E-state index in [1.165, 1.54) is 6.07 Å². The van der Waals surface area contributed by atoms with E-state index in [2.05, 4.69) is 38.0 Å². The molecule has 0 bridgehead atoms. The number of nitrogens with one attached hydrogen (secondary N) is 1. The van der Waals surface area contributed by atoms with Gasteiger partial charge >= 0.3 is 0 Å². The molecule has 0 saturated carbocycles. The topological polar surface area (TPSA) is 15.3 Å². The van der Waals surface area contributed by atoms with Gasteiger partial charge in [0.15, 0.2) is 0 Å². The zero-order chi connectivity index (χ0) is 12.1. The third kappa shape index (κ3) is 3.81. The minimum atomic E-state index is -0.263. The Morgan fingerprint density at radius 2 is 2.12 bits per heavy atom. The van der Waals surface area contributed by atoms with Crippen molar-refractivity contribution in [2.75, 3.05) is 32.7 Å². The Kier molecular flexibility index (Phi) is 4.55. The first-order valence-electron chi connectivity index (χ1n) is 5.63. The maximum Gasteiger partial charge on any atom is 0.138 e. The first-order valence-corrected chi connectivity index (χ1v) is 6.42. The van der Waals surface area contributed by atoms with Crippen LogP contribution in [0.4, 0.5) is 4.39 Å². The first kappa shape index (κ1) is 12.6. The second-order valence-electron chi connectivity index (χ2n) is 3.95. The fraction of sp³-hybridized carbons (Fsp3) is 0.385. The predicted molar refractivity (Wildman–Crippen MR) is 70.3 cm³/mol. The molecule has 0 radical (unpaired) electrons. The van der Waals surface area contributed by atoms with E-state index in [1.807, 2.05) is 0 Å². The van der Waals surface area contributed by atoms with Gasteiger partial charge in [0.1, 0.15) is 5.82 Å². The summed E-state index contributed by atoms with van der Waals surface area (Å²) in [5.41, 5.74) is 0.453. The lowest BCUT2D eigenvalue weighted by Crippen LogP contribution is -2.43. The van der Waals surface area contributed by atoms with Crippen molar-refractivity contribution in [3.05, 3.63) is 34.1 Å². The molecule has 0 spiro atoms. The van der Waals surface area contributed by atoms with Crippen LogP contribution >= 0.6 is 15.9 Å². The van der Waals surface area contributed by atoms with Crippen LogP contribution in [0.3, 0.4) is 0 Å². The molecule has 90 valence electrons. The largest absolute Gasteiger partial charge is 0.314 e. The van der Waals surface area contributed by atoms with E-state index in [-0.39, 0.29) is 5.82 Å². The Hall–Kier alpha value is -0.890. The first-order chi connectivity index (χ1) is 8.25. The molecule has 2 nitrogen and oxygen atoms in total. The third-order valence-electron chi connectivity index (χ3n) is 2.66. The van der Waals surface area contributed by atoms with Crippen LogP contribution in [-0.2, 0) is 0 Å². The van der Waals surface area contributed by atoms with Crippen LogP contribution in [-0.4, -0.2) is 37.6 Å². The highest BCUT2D eigenvalue weighted by molar-refractivity contribution is 9.10. The van der Waals surface area contributed by atoms with E-state index >= 15 is 0 Å². The summed E-state index contributed by atoms with van der Waals surface area (Å²) in [5.74, 6) is 5.65. The molecule has 0 atom stereocenters. The van der Waals surface area contributed by atoms with Crippen molar-refractivity contribution < 1.29 is 4.39 Å². The molecule has 0 unspecified atom stereocenters. The second kappa shape index (κ2) is 6.15. The van der Waals surface area contributed by atoms with Gasteiger partial charge in [0.2, 0.25) is 0 Å². The number of rotatable bonds is 1. The van der Waals surface area contributed by atoms with Gasteiger partial charge in [-0.25, -0.2) is 4.39 Å². The third-order valence-corrected chi connectivity index (χ3v) is 3.16. The van der Waals surface area contributed by atoms with E-state index in [9.17, 15) is 4.39 Å². The molecule has 0 amide bonds. The highest BCUT2D eigenvalue weighted by atomic mass is 79.9. The van der Waals surface area contributed by atoms with Crippen molar-refractivity contribution in [3.8, 4) is 11.8 Å². The quantitative estimate of drug-likeness (QED) is 0.796. The zero-order valence-electron chi connectivity index (χ0n) is 9.47. The van der Waals surface area contributed by atoms with Gasteiger partial charge in [-0.15, -0.1) is 0 Å². The highest BCUT2D eigenvalue weighted by Crippen LogP contribution is 2.14. The van der Waals surface area contributed by atoms with Crippen LogP contribution in [0.2, 0.25) is 0 Å². The average Bonchev–Trinajstić information content (AvgIpc) is 2.35. The number of hydrogen-bond donors (Lipinski definition) is 1. The summed E-state index contributed by atoms with van der Waals surface area (Å²) in [4.78, 5) is 2.26. The number of hydrogen-bond acceptors (Lipinski definition) is 2. The molecule has 1 aliphatic rings. The lowest BCUT2D eigenvalue weighted by atomic mass is 10.2. The lowest BCUT2D eigenvalue weighted by molar-refractivity contribution is 0.268. The minimum absolute atomic E-state index is 0.263. The molecule has 1 heterocycles. The zero-order valence-corrected chi connectivity index (χ0v) is 11.1. The van der Waals surface area contributed by atoms with E-state index in [0.717, 1.165) is 30.7 Å². The Balaban J connectivity index is 1.98. The van der Waals surface area contributed by atoms with E-state index in [4.69, 9.17) is 0 Å². The number of piperazine rings is 1. The second-order valence-corrected chi connectivity index (χ2v) is 4.87. The van der Waals surface area contributed by atoms with Crippen LogP contribution < -0.4 is 5.32 Å². The minimum Gasteiger partial charge on any atom is -0.314 e. The van der Waals surface area contributed by atoms with Crippen LogP contribution in [0.5, 0.6) is 0 Å². The molecule has 1 aliphatic heterocycles. The van der Waals surface area contributed by atoms with Gasteiger partial charge in [-0.2, -0.15) is 0 Å². The molecule has 1 saturated heterocycles. The normalized spacial score (nSPS) is 16.4. The standard InChI is InChI=1S/C13H14BrFN2/c14-12-3-4-13(15)11(10-12)2-1-7-17-8-5-16-6-9-17/h3-4,10,16H,5-9H2. The van der Waals surface area contributed by atoms with Crippen molar-refractivity contribution in [2.24, 2.45) is 0 Å². The Bertz CT molecular complexity index is 444. The van der Waals surface area contributed by atoms with Crippen molar-refractivity contribution >= 4 is 15.9 Å². The molecule has 0 aliphatic carbocycles. The van der Waals surface area contributed by atoms with E-state index in [0.29, 0.717) is 12.1 Å². The van der Waals surface area contributed by atoms with E-state index < -0.39 is 0 Å². The maximum absolute atomic E-state index is 13.4. The molecule has 1 aromatic rings. The molecule has 2 rings (SSSR count). The highest BCUT2D eigenvalue weighted by Gasteiger charge is 2.06. The van der Waals surface area contributed by atoms with Gasteiger partial charge < -0.3 is 5.32 Å². The smallest absolute Gasteiger partial charge is 0.138 e. The van der Waals surface area contributed by atoms with Gasteiger partial charge in [0, 0.05) is 30.7 Å². The Labute approximate surface area is 109 Å². The van der Waals surface area contributed by atoms with Crippen LogP contribution in [0, 0.1) is 17.7 Å². The monoisotopic (exact) mass is 296 g/mol. The van der Waals surface area contributed by atoms with Crippen LogP contribution in [0.15, 0.2) is 22.7 Å². The predicted octanol–water partition coefficient (Wildman–Crippen LogP) is 1.84. The SMILES string of the molecule is Fc1ccc(Br)cc1C#CCN1CCNCC1. The molecule has 1 aromatic carbocycles. The van der Waals surface area contributed by atoms with Gasteiger partial charge in [-0.3, -0.25) is 4.90 Å². The maximum atomic E-state index is 13.4. The summed E-state index contributed by atoms with van der Waals surface area (Å²) in [5, 5.41) is 3.28.